The van der Waals surface area contributed by atoms with Crippen LogP contribution in [0.2, 0.25) is 0 Å². The molecule has 0 aromatic heterocycles. The maximum Gasteiger partial charge on any atom is 0.334 e. The number of Topliss-reactive ketones (excluding diaryl/α,β-unsaturated/α-hetero) is 1. The minimum Gasteiger partial charge on any atom is -0.463 e. The highest BCUT2D eigenvalue weighted by molar-refractivity contribution is 6.05. The molecule has 0 fully saturated rings. The van der Waals surface area contributed by atoms with Gasteiger partial charge in [-0.05, 0) is 24.5 Å². The predicted octanol–water partition coefficient (Wildman–Crippen LogP) is 2.76. The molecule has 0 unspecified atom stereocenters. The lowest BCUT2D eigenvalue weighted by molar-refractivity contribution is -0.138. The van der Waals surface area contributed by atoms with Crippen molar-refractivity contribution >= 4 is 17.3 Å². The van der Waals surface area contributed by atoms with Crippen LogP contribution in [0.4, 0.5) is 0 Å². The fourth-order valence-electron chi connectivity index (χ4n) is 2.17. The second kappa shape index (κ2) is 5.63. The van der Waals surface area contributed by atoms with Crippen molar-refractivity contribution in [2.24, 2.45) is 0 Å². The highest BCUT2D eigenvalue weighted by Crippen LogP contribution is 2.31. The summed E-state index contributed by atoms with van der Waals surface area (Å²) in [7, 11) is 0. The molecule has 0 radical (unpaired) electrons. The van der Waals surface area contributed by atoms with Crippen molar-refractivity contribution in [2.75, 3.05) is 6.61 Å². The molecule has 18 heavy (non-hydrogen) atoms. The van der Waals surface area contributed by atoms with Gasteiger partial charge in [-0.15, -0.1) is 0 Å². The monoisotopic (exact) mass is 244 g/mol. The Morgan fingerprint density at radius 3 is 2.61 bits per heavy atom. The number of ether oxygens (including phenoxy) is 1. The van der Waals surface area contributed by atoms with Gasteiger partial charge in [0.2, 0.25) is 0 Å². The number of hydrogen-bond acceptors (Lipinski definition) is 3. The van der Waals surface area contributed by atoms with Crippen LogP contribution in [-0.4, -0.2) is 18.4 Å². The highest BCUT2D eigenvalue weighted by Gasteiger charge is 2.24. The third-order valence-corrected chi connectivity index (χ3v) is 3.04. The van der Waals surface area contributed by atoms with Gasteiger partial charge in [-0.1, -0.05) is 30.3 Å². The normalized spacial score (nSPS) is 15.7. The van der Waals surface area contributed by atoms with Crippen molar-refractivity contribution in [2.45, 2.75) is 26.2 Å². The van der Waals surface area contributed by atoms with Gasteiger partial charge in [0.25, 0.3) is 0 Å². The number of carbonyl (C=O) groups excluding carboxylic acids is 2. The van der Waals surface area contributed by atoms with Crippen molar-refractivity contribution in [1.29, 1.82) is 0 Å². The van der Waals surface area contributed by atoms with E-state index in [0.717, 1.165) is 11.1 Å². The molecule has 2 rings (SSSR count). The molecule has 0 aliphatic heterocycles. The molecule has 0 spiro atoms. The number of ketones is 1. The van der Waals surface area contributed by atoms with Crippen LogP contribution in [0.3, 0.4) is 0 Å². The zero-order chi connectivity index (χ0) is 13.0. The van der Waals surface area contributed by atoms with Crippen molar-refractivity contribution in [1.82, 2.24) is 0 Å². The van der Waals surface area contributed by atoms with E-state index in [2.05, 4.69) is 0 Å². The SMILES string of the molecule is CCOC(=O)C1=C(c2ccccc2)CC(=O)CC1. The number of carbonyl (C=O) groups is 2. The first kappa shape index (κ1) is 12.6. The van der Waals surface area contributed by atoms with Gasteiger partial charge in [-0.25, -0.2) is 4.79 Å². The molecule has 1 aromatic carbocycles. The number of benzene rings is 1. The van der Waals surface area contributed by atoms with Crippen molar-refractivity contribution in [3.8, 4) is 0 Å². The molecule has 0 heterocycles. The van der Waals surface area contributed by atoms with Crippen LogP contribution in [0.25, 0.3) is 5.57 Å². The lowest BCUT2D eigenvalue weighted by Crippen LogP contribution is -2.17. The summed E-state index contributed by atoms with van der Waals surface area (Å²) in [5.74, 6) is -0.106. The van der Waals surface area contributed by atoms with E-state index in [0.29, 0.717) is 31.4 Å². The average molecular weight is 244 g/mol. The molecule has 3 heteroatoms. The Hall–Kier alpha value is -1.90. The van der Waals surface area contributed by atoms with Gasteiger partial charge in [0.1, 0.15) is 5.78 Å². The minimum absolute atomic E-state index is 0.182. The molecule has 1 aliphatic rings. The zero-order valence-corrected chi connectivity index (χ0v) is 10.4. The van der Waals surface area contributed by atoms with Crippen molar-refractivity contribution < 1.29 is 14.3 Å². The molecule has 0 bridgehead atoms. The summed E-state index contributed by atoms with van der Waals surface area (Å²) >= 11 is 0. The lowest BCUT2D eigenvalue weighted by atomic mass is 9.86. The van der Waals surface area contributed by atoms with E-state index in [4.69, 9.17) is 4.74 Å². The van der Waals surface area contributed by atoms with Gasteiger partial charge in [0.05, 0.1) is 6.61 Å². The van der Waals surface area contributed by atoms with Crippen LogP contribution in [0.1, 0.15) is 31.7 Å². The smallest absolute Gasteiger partial charge is 0.334 e. The molecular formula is C15H16O3. The Morgan fingerprint density at radius 1 is 1.22 bits per heavy atom. The number of rotatable bonds is 3. The van der Waals surface area contributed by atoms with Crippen LogP contribution in [0, 0.1) is 0 Å². The van der Waals surface area contributed by atoms with Crippen LogP contribution >= 0.6 is 0 Å². The fraction of sp³-hybridized carbons (Fsp3) is 0.333. The summed E-state index contributed by atoms with van der Waals surface area (Å²) in [4.78, 5) is 23.5. The van der Waals surface area contributed by atoms with E-state index in [1.807, 2.05) is 30.3 Å². The fourth-order valence-corrected chi connectivity index (χ4v) is 2.17. The van der Waals surface area contributed by atoms with Gasteiger partial charge in [-0.2, -0.15) is 0 Å². The van der Waals surface area contributed by atoms with Gasteiger partial charge >= 0.3 is 5.97 Å². The van der Waals surface area contributed by atoms with Gasteiger partial charge in [-0.3, -0.25) is 4.79 Å². The van der Waals surface area contributed by atoms with Crippen LogP contribution in [-0.2, 0) is 14.3 Å². The molecule has 94 valence electrons. The molecule has 0 saturated carbocycles. The van der Waals surface area contributed by atoms with Gasteiger partial charge < -0.3 is 4.74 Å². The van der Waals surface area contributed by atoms with E-state index in [-0.39, 0.29) is 11.8 Å². The minimum atomic E-state index is -0.288. The Balaban J connectivity index is 2.40. The molecule has 1 aliphatic carbocycles. The van der Waals surface area contributed by atoms with Crippen LogP contribution < -0.4 is 0 Å². The summed E-state index contributed by atoms with van der Waals surface area (Å²) in [6.45, 7) is 2.15. The lowest BCUT2D eigenvalue weighted by Gasteiger charge is -2.18. The third-order valence-electron chi connectivity index (χ3n) is 3.04. The molecular weight excluding hydrogens is 228 g/mol. The molecule has 0 N–H and O–H groups in total. The van der Waals surface area contributed by atoms with E-state index in [1.54, 1.807) is 6.92 Å². The van der Waals surface area contributed by atoms with Crippen molar-refractivity contribution in [3.05, 3.63) is 41.5 Å². The summed E-state index contributed by atoms with van der Waals surface area (Å²) < 4.78 is 5.06. The average Bonchev–Trinajstić information content (AvgIpc) is 2.40. The molecule has 1 aromatic rings. The van der Waals surface area contributed by atoms with Gasteiger partial charge in [0.15, 0.2) is 0 Å². The first-order valence-corrected chi connectivity index (χ1v) is 6.18. The Bertz CT molecular complexity index is 486. The first-order valence-electron chi connectivity index (χ1n) is 6.18. The number of allylic oxidation sites excluding steroid dienone is 1. The van der Waals surface area contributed by atoms with Gasteiger partial charge in [0, 0.05) is 18.4 Å². The van der Waals surface area contributed by atoms with E-state index < -0.39 is 0 Å². The van der Waals surface area contributed by atoms with Crippen LogP contribution in [0.15, 0.2) is 35.9 Å². The van der Waals surface area contributed by atoms with Crippen LogP contribution in [0.5, 0.6) is 0 Å². The number of hydrogen-bond donors (Lipinski definition) is 0. The Labute approximate surface area is 106 Å². The maximum atomic E-state index is 11.9. The predicted molar refractivity (Wildman–Crippen MR) is 68.9 cm³/mol. The summed E-state index contributed by atoms with van der Waals surface area (Å²) in [6, 6.07) is 9.58. The molecule has 0 atom stereocenters. The molecule has 0 amide bonds. The second-order valence-electron chi connectivity index (χ2n) is 4.26. The topological polar surface area (TPSA) is 43.4 Å². The molecule has 3 nitrogen and oxygen atoms in total. The zero-order valence-electron chi connectivity index (χ0n) is 10.4. The summed E-state index contributed by atoms with van der Waals surface area (Å²) in [6.07, 6.45) is 1.25. The maximum absolute atomic E-state index is 11.9. The number of esters is 1. The van der Waals surface area contributed by atoms with E-state index in [9.17, 15) is 9.59 Å². The van der Waals surface area contributed by atoms with E-state index >= 15 is 0 Å². The third kappa shape index (κ3) is 2.67. The standard InChI is InChI=1S/C15H16O3/c1-2-18-15(17)13-9-8-12(16)10-14(13)11-6-4-3-5-7-11/h3-7H,2,8-10H2,1H3. The summed E-state index contributed by atoms with van der Waals surface area (Å²) in [5.41, 5.74) is 2.42. The Morgan fingerprint density at radius 2 is 1.94 bits per heavy atom. The first-order chi connectivity index (χ1) is 8.72. The summed E-state index contributed by atoms with van der Waals surface area (Å²) in [5, 5.41) is 0. The quantitative estimate of drug-likeness (QED) is 0.768. The van der Waals surface area contributed by atoms with E-state index in [1.165, 1.54) is 0 Å². The molecule has 0 saturated heterocycles. The van der Waals surface area contributed by atoms with Crippen molar-refractivity contribution in [3.63, 3.8) is 0 Å². The largest absolute Gasteiger partial charge is 0.463 e. The highest BCUT2D eigenvalue weighted by atomic mass is 16.5. The Kier molecular flexibility index (Phi) is 3.92. The second-order valence-corrected chi connectivity index (χ2v) is 4.26.